The summed E-state index contributed by atoms with van der Waals surface area (Å²) in [7, 11) is 0. The molecular weight excluding hydrogens is 330 g/mol. The van der Waals surface area contributed by atoms with Gasteiger partial charge in [-0.25, -0.2) is 8.78 Å². The highest BCUT2D eigenvalue weighted by Crippen LogP contribution is 2.36. The summed E-state index contributed by atoms with van der Waals surface area (Å²) in [5.74, 6) is -0.413. The molecule has 4 heteroatoms. The van der Waals surface area contributed by atoms with E-state index in [1.807, 2.05) is 48.5 Å². The summed E-state index contributed by atoms with van der Waals surface area (Å²) in [4.78, 5) is 4.82. The van der Waals surface area contributed by atoms with E-state index < -0.39 is 11.6 Å². The van der Waals surface area contributed by atoms with Crippen molar-refractivity contribution in [2.75, 3.05) is 0 Å². The largest absolute Gasteiger partial charge is 0.364 e. The number of benzene rings is 3. The van der Waals surface area contributed by atoms with E-state index in [2.05, 4.69) is 17.4 Å². The van der Waals surface area contributed by atoms with E-state index in [4.69, 9.17) is 4.99 Å². The third kappa shape index (κ3) is 3.36. The average molecular weight is 348 g/mol. The molecule has 130 valence electrons. The summed E-state index contributed by atoms with van der Waals surface area (Å²) >= 11 is 0. The highest BCUT2D eigenvalue weighted by Gasteiger charge is 2.31. The average Bonchev–Trinajstić information content (AvgIpc) is 3.09. The number of rotatable bonds is 4. The molecule has 0 radical (unpaired) electrons. The second-order valence-corrected chi connectivity index (χ2v) is 6.38. The molecule has 3 aromatic rings. The molecule has 2 nitrogen and oxygen atoms in total. The van der Waals surface area contributed by atoms with Crippen molar-refractivity contribution < 1.29 is 8.78 Å². The van der Waals surface area contributed by atoms with Gasteiger partial charge in [-0.05, 0) is 22.8 Å². The molecule has 0 spiro atoms. The third-order valence-corrected chi connectivity index (χ3v) is 4.61. The van der Waals surface area contributed by atoms with Crippen LogP contribution in [0, 0.1) is 11.6 Å². The van der Waals surface area contributed by atoms with Crippen molar-refractivity contribution in [2.24, 2.45) is 4.99 Å². The SMILES string of the molecule is Fc1ccc(CC2=N[C@@H](c3ccccc3)[C@@H](c3ccccc3)N2)c(F)c1. The predicted molar refractivity (Wildman–Crippen MR) is 99.0 cm³/mol. The van der Waals surface area contributed by atoms with Crippen molar-refractivity contribution in [3.63, 3.8) is 0 Å². The van der Waals surface area contributed by atoms with Gasteiger partial charge in [-0.3, -0.25) is 4.99 Å². The second kappa shape index (κ2) is 7.08. The van der Waals surface area contributed by atoms with Gasteiger partial charge in [0.2, 0.25) is 0 Å². The molecule has 3 aromatic carbocycles. The minimum atomic E-state index is -0.572. The summed E-state index contributed by atoms with van der Waals surface area (Å²) in [6.07, 6.45) is 0.304. The lowest BCUT2D eigenvalue weighted by molar-refractivity contribution is 0.569. The van der Waals surface area contributed by atoms with Crippen molar-refractivity contribution in [1.82, 2.24) is 5.32 Å². The van der Waals surface area contributed by atoms with Crippen LogP contribution in [0.15, 0.2) is 83.9 Å². The summed E-state index contributed by atoms with van der Waals surface area (Å²) in [5, 5.41) is 3.44. The van der Waals surface area contributed by atoms with Gasteiger partial charge in [0.1, 0.15) is 23.5 Å². The van der Waals surface area contributed by atoms with Gasteiger partial charge in [0, 0.05) is 12.5 Å². The standard InChI is InChI=1S/C22H18F2N2/c23-18-12-11-17(19(24)14-18)13-20-25-21(15-7-3-1-4-8-15)22(26-20)16-9-5-2-6-10-16/h1-12,14,21-22H,13H2,(H,25,26)/t21-,22+. The number of hydrogen-bond acceptors (Lipinski definition) is 2. The highest BCUT2D eigenvalue weighted by molar-refractivity contribution is 5.87. The number of aliphatic imine (C=N–C) groups is 1. The normalized spacial score (nSPS) is 19.1. The van der Waals surface area contributed by atoms with Crippen LogP contribution in [0.1, 0.15) is 28.8 Å². The first-order valence-electron chi connectivity index (χ1n) is 8.58. The fourth-order valence-electron chi connectivity index (χ4n) is 3.32. The summed E-state index contributed by atoms with van der Waals surface area (Å²) in [6, 6.07) is 23.7. The van der Waals surface area contributed by atoms with Gasteiger partial charge in [-0.1, -0.05) is 66.7 Å². The lowest BCUT2D eigenvalue weighted by Gasteiger charge is -2.19. The molecule has 0 bridgehead atoms. The summed E-state index contributed by atoms with van der Waals surface area (Å²) < 4.78 is 27.2. The fraction of sp³-hybridized carbons (Fsp3) is 0.136. The molecule has 1 heterocycles. The van der Waals surface area contributed by atoms with Crippen LogP contribution in [0.5, 0.6) is 0 Å². The number of hydrogen-bond donors (Lipinski definition) is 1. The minimum Gasteiger partial charge on any atom is -0.364 e. The maximum absolute atomic E-state index is 14.0. The smallest absolute Gasteiger partial charge is 0.129 e. The molecule has 0 saturated carbocycles. The molecule has 0 fully saturated rings. The molecule has 1 aliphatic rings. The monoisotopic (exact) mass is 348 g/mol. The van der Waals surface area contributed by atoms with E-state index in [1.165, 1.54) is 12.1 Å². The van der Waals surface area contributed by atoms with Crippen molar-refractivity contribution in [2.45, 2.75) is 18.5 Å². The maximum atomic E-state index is 14.0. The van der Waals surface area contributed by atoms with Crippen LogP contribution in [0.4, 0.5) is 8.78 Å². The number of nitrogens with one attached hydrogen (secondary N) is 1. The zero-order valence-electron chi connectivity index (χ0n) is 14.1. The van der Waals surface area contributed by atoms with Gasteiger partial charge < -0.3 is 5.32 Å². The zero-order chi connectivity index (χ0) is 17.9. The Kier molecular flexibility index (Phi) is 4.48. The molecule has 1 N–H and O–H groups in total. The Labute approximate surface area is 151 Å². The van der Waals surface area contributed by atoms with E-state index in [-0.39, 0.29) is 12.1 Å². The first-order valence-corrected chi connectivity index (χ1v) is 8.58. The van der Waals surface area contributed by atoms with E-state index in [9.17, 15) is 8.78 Å². The fourth-order valence-corrected chi connectivity index (χ4v) is 3.32. The van der Waals surface area contributed by atoms with Crippen molar-refractivity contribution in [1.29, 1.82) is 0 Å². The lowest BCUT2D eigenvalue weighted by atomic mass is 9.95. The molecule has 0 unspecified atom stereocenters. The van der Waals surface area contributed by atoms with Crippen LogP contribution in [-0.2, 0) is 6.42 Å². The van der Waals surface area contributed by atoms with Crippen molar-refractivity contribution in [3.8, 4) is 0 Å². The number of halogens is 2. The van der Waals surface area contributed by atoms with E-state index in [0.29, 0.717) is 17.8 Å². The summed E-state index contributed by atoms with van der Waals surface area (Å²) in [6.45, 7) is 0. The lowest BCUT2D eigenvalue weighted by Crippen LogP contribution is -2.26. The van der Waals surface area contributed by atoms with Gasteiger partial charge in [-0.15, -0.1) is 0 Å². The van der Waals surface area contributed by atoms with Gasteiger partial charge in [0.25, 0.3) is 0 Å². The van der Waals surface area contributed by atoms with Crippen molar-refractivity contribution >= 4 is 5.84 Å². The predicted octanol–water partition coefficient (Wildman–Crippen LogP) is 4.99. The summed E-state index contributed by atoms with van der Waals surface area (Å²) in [5.41, 5.74) is 2.65. The zero-order valence-corrected chi connectivity index (χ0v) is 14.1. The maximum Gasteiger partial charge on any atom is 0.129 e. The van der Waals surface area contributed by atoms with Gasteiger partial charge in [0.05, 0.1) is 6.04 Å². The van der Waals surface area contributed by atoms with Crippen LogP contribution in [-0.4, -0.2) is 5.84 Å². The first-order chi connectivity index (χ1) is 12.7. The Morgan fingerprint density at radius 2 is 1.46 bits per heavy atom. The quantitative estimate of drug-likeness (QED) is 0.706. The molecule has 0 aromatic heterocycles. The molecule has 2 atom stereocenters. The Bertz CT molecular complexity index is 923. The molecular formula is C22H18F2N2. The van der Waals surface area contributed by atoms with Crippen LogP contribution in [0.25, 0.3) is 0 Å². The second-order valence-electron chi connectivity index (χ2n) is 6.38. The topological polar surface area (TPSA) is 24.4 Å². The molecule has 4 rings (SSSR count). The number of amidine groups is 1. The van der Waals surface area contributed by atoms with Gasteiger partial charge in [-0.2, -0.15) is 0 Å². The van der Waals surface area contributed by atoms with E-state index >= 15 is 0 Å². The van der Waals surface area contributed by atoms with E-state index in [1.54, 1.807) is 0 Å². The number of nitrogens with zero attached hydrogens (tertiary/aromatic N) is 1. The van der Waals surface area contributed by atoms with Crippen LogP contribution >= 0.6 is 0 Å². The van der Waals surface area contributed by atoms with E-state index in [0.717, 1.165) is 17.2 Å². The minimum absolute atomic E-state index is 0.0166. The Balaban J connectivity index is 1.66. The van der Waals surface area contributed by atoms with Crippen LogP contribution in [0.3, 0.4) is 0 Å². The highest BCUT2D eigenvalue weighted by atomic mass is 19.1. The molecule has 0 amide bonds. The Morgan fingerprint density at radius 1 is 0.808 bits per heavy atom. The Morgan fingerprint density at radius 3 is 2.12 bits per heavy atom. The van der Waals surface area contributed by atoms with Gasteiger partial charge in [0.15, 0.2) is 0 Å². The third-order valence-electron chi connectivity index (χ3n) is 4.61. The van der Waals surface area contributed by atoms with Crippen molar-refractivity contribution in [3.05, 3.63) is 107 Å². The van der Waals surface area contributed by atoms with Crippen LogP contribution in [0.2, 0.25) is 0 Å². The van der Waals surface area contributed by atoms with Crippen LogP contribution < -0.4 is 5.32 Å². The first kappa shape index (κ1) is 16.5. The Hall–Kier alpha value is -3.01. The van der Waals surface area contributed by atoms with Gasteiger partial charge >= 0.3 is 0 Å². The molecule has 0 saturated heterocycles. The molecule has 0 aliphatic carbocycles. The molecule has 26 heavy (non-hydrogen) atoms. The molecule has 1 aliphatic heterocycles.